The summed E-state index contributed by atoms with van der Waals surface area (Å²) in [6, 6.07) is 7.43. The summed E-state index contributed by atoms with van der Waals surface area (Å²) in [6.45, 7) is 0.890. The number of amides is 1. The van der Waals surface area contributed by atoms with Crippen molar-refractivity contribution in [3.05, 3.63) is 29.8 Å². The second-order valence-corrected chi connectivity index (χ2v) is 5.80. The van der Waals surface area contributed by atoms with Crippen LogP contribution in [-0.4, -0.2) is 43.0 Å². The average Bonchev–Trinajstić information content (AvgIpc) is 2.37. The van der Waals surface area contributed by atoms with Gasteiger partial charge in [0.1, 0.15) is 0 Å². The van der Waals surface area contributed by atoms with Crippen molar-refractivity contribution in [2.45, 2.75) is 19.0 Å². The molecule has 1 atom stereocenters. The molecule has 3 N–H and O–H groups in total. The van der Waals surface area contributed by atoms with Gasteiger partial charge >= 0.3 is 0 Å². The molecule has 106 valence electrons. The first-order valence-corrected chi connectivity index (χ1v) is 7.71. The van der Waals surface area contributed by atoms with E-state index in [1.807, 2.05) is 44.6 Å². The van der Waals surface area contributed by atoms with Gasteiger partial charge in [-0.2, -0.15) is 11.8 Å². The number of nitrogens with two attached hydrogens (primary N) is 1. The van der Waals surface area contributed by atoms with Crippen LogP contribution in [0.15, 0.2) is 24.3 Å². The first kappa shape index (κ1) is 16.0. The van der Waals surface area contributed by atoms with Gasteiger partial charge in [0.2, 0.25) is 5.91 Å². The van der Waals surface area contributed by atoms with Crippen LogP contribution in [-0.2, 0) is 11.3 Å². The number of hydrogen-bond acceptors (Lipinski definition) is 4. The molecule has 0 bridgehead atoms. The normalized spacial score (nSPS) is 12.5. The molecule has 0 radical (unpaired) electrons. The first-order valence-electron chi connectivity index (χ1n) is 6.32. The highest BCUT2D eigenvalue weighted by Crippen LogP contribution is 2.11. The molecule has 0 heterocycles. The predicted octanol–water partition coefficient (Wildman–Crippen LogP) is 1.77. The third-order valence-electron chi connectivity index (χ3n) is 2.69. The fourth-order valence-corrected chi connectivity index (χ4v) is 2.16. The van der Waals surface area contributed by atoms with Crippen LogP contribution in [0.1, 0.15) is 12.0 Å². The summed E-state index contributed by atoms with van der Waals surface area (Å²) in [5, 5.41) is 2.84. The summed E-state index contributed by atoms with van der Waals surface area (Å²) in [6.07, 6.45) is 2.71. The van der Waals surface area contributed by atoms with Crippen molar-refractivity contribution in [3.63, 3.8) is 0 Å². The van der Waals surface area contributed by atoms with Crippen LogP contribution >= 0.6 is 11.8 Å². The maximum Gasteiger partial charge on any atom is 0.241 e. The van der Waals surface area contributed by atoms with E-state index in [-0.39, 0.29) is 5.91 Å². The molecule has 0 aliphatic heterocycles. The molecule has 0 aliphatic rings. The minimum Gasteiger partial charge on any atom is -0.325 e. The Morgan fingerprint density at radius 2 is 2.00 bits per heavy atom. The van der Waals surface area contributed by atoms with E-state index in [2.05, 4.69) is 10.2 Å². The van der Waals surface area contributed by atoms with Crippen LogP contribution in [0, 0.1) is 0 Å². The van der Waals surface area contributed by atoms with Crippen molar-refractivity contribution in [1.29, 1.82) is 0 Å². The van der Waals surface area contributed by atoms with Gasteiger partial charge in [0.05, 0.1) is 6.04 Å². The molecule has 0 spiro atoms. The van der Waals surface area contributed by atoms with Crippen LogP contribution in [0.25, 0.3) is 0 Å². The van der Waals surface area contributed by atoms with E-state index >= 15 is 0 Å². The summed E-state index contributed by atoms with van der Waals surface area (Å²) in [7, 11) is 4.06. The largest absolute Gasteiger partial charge is 0.325 e. The quantitative estimate of drug-likeness (QED) is 0.799. The number of hydrogen-bond donors (Lipinski definition) is 2. The van der Waals surface area contributed by atoms with Crippen molar-refractivity contribution in [2.75, 3.05) is 31.4 Å². The Hall–Kier alpha value is -1.04. The monoisotopic (exact) mass is 281 g/mol. The molecule has 0 saturated carbocycles. The molecule has 1 rings (SSSR count). The number of benzene rings is 1. The molecule has 0 saturated heterocycles. The standard InChI is InChI=1S/C14H23N3OS/c1-17(2)10-11-4-6-12(7-5-11)16-14(18)13(15)8-9-19-3/h4-7,13H,8-10,15H2,1-3H3,(H,16,18). The van der Waals surface area contributed by atoms with Gasteiger partial charge in [0.25, 0.3) is 0 Å². The highest BCUT2D eigenvalue weighted by atomic mass is 32.2. The second-order valence-electron chi connectivity index (χ2n) is 4.81. The van der Waals surface area contributed by atoms with E-state index in [9.17, 15) is 4.79 Å². The van der Waals surface area contributed by atoms with Gasteiger partial charge in [-0.3, -0.25) is 4.79 Å². The topological polar surface area (TPSA) is 58.4 Å². The zero-order valence-electron chi connectivity index (χ0n) is 11.8. The number of anilines is 1. The highest BCUT2D eigenvalue weighted by molar-refractivity contribution is 7.98. The van der Waals surface area contributed by atoms with Crippen LogP contribution in [0.5, 0.6) is 0 Å². The lowest BCUT2D eigenvalue weighted by molar-refractivity contribution is -0.117. The van der Waals surface area contributed by atoms with Gasteiger partial charge in [-0.1, -0.05) is 12.1 Å². The van der Waals surface area contributed by atoms with Gasteiger partial charge in [-0.15, -0.1) is 0 Å². The number of nitrogens with one attached hydrogen (secondary N) is 1. The summed E-state index contributed by atoms with van der Waals surface area (Å²) >= 11 is 1.70. The summed E-state index contributed by atoms with van der Waals surface area (Å²) in [5.41, 5.74) is 7.83. The maximum absolute atomic E-state index is 11.8. The minimum atomic E-state index is -0.436. The fourth-order valence-electron chi connectivity index (χ4n) is 1.67. The molecular formula is C14H23N3OS. The molecular weight excluding hydrogens is 258 g/mol. The molecule has 0 aliphatic carbocycles. The maximum atomic E-state index is 11.8. The van der Waals surface area contributed by atoms with E-state index < -0.39 is 6.04 Å². The lowest BCUT2D eigenvalue weighted by atomic mass is 10.2. The zero-order chi connectivity index (χ0) is 14.3. The third-order valence-corrected chi connectivity index (χ3v) is 3.33. The van der Waals surface area contributed by atoms with Gasteiger partial charge < -0.3 is 16.0 Å². The van der Waals surface area contributed by atoms with Crippen LogP contribution in [0.2, 0.25) is 0 Å². The highest BCUT2D eigenvalue weighted by Gasteiger charge is 2.12. The molecule has 1 aromatic rings. The van der Waals surface area contributed by atoms with Crippen LogP contribution in [0.3, 0.4) is 0 Å². The SMILES string of the molecule is CSCCC(N)C(=O)Nc1ccc(CN(C)C)cc1. The van der Waals surface area contributed by atoms with Gasteiger partial charge in [-0.25, -0.2) is 0 Å². The van der Waals surface area contributed by atoms with E-state index in [1.165, 1.54) is 5.56 Å². The first-order chi connectivity index (χ1) is 9.02. The van der Waals surface area contributed by atoms with E-state index in [4.69, 9.17) is 5.73 Å². The van der Waals surface area contributed by atoms with E-state index in [0.29, 0.717) is 6.42 Å². The second kappa shape index (κ2) is 8.19. The molecule has 0 aromatic heterocycles. The molecule has 1 unspecified atom stereocenters. The Kier molecular flexibility index (Phi) is 6.91. The smallest absolute Gasteiger partial charge is 0.241 e. The fraction of sp³-hybridized carbons (Fsp3) is 0.500. The lowest BCUT2D eigenvalue weighted by Gasteiger charge is -2.13. The summed E-state index contributed by atoms with van der Waals surface area (Å²) in [4.78, 5) is 13.9. The Morgan fingerprint density at radius 1 is 1.37 bits per heavy atom. The van der Waals surface area contributed by atoms with Crippen molar-refractivity contribution in [1.82, 2.24) is 4.90 Å². The number of nitrogens with zero attached hydrogens (tertiary/aromatic N) is 1. The Labute approximate surface area is 119 Å². The molecule has 0 fully saturated rings. The van der Waals surface area contributed by atoms with Crippen molar-refractivity contribution in [3.8, 4) is 0 Å². The predicted molar refractivity (Wildman–Crippen MR) is 83.4 cm³/mol. The number of thioether (sulfide) groups is 1. The Bertz CT molecular complexity index is 392. The summed E-state index contributed by atoms with van der Waals surface area (Å²) < 4.78 is 0. The van der Waals surface area contributed by atoms with Crippen LogP contribution in [0.4, 0.5) is 5.69 Å². The van der Waals surface area contributed by atoms with Gasteiger partial charge in [-0.05, 0) is 50.2 Å². The van der Waals surface area contributed by atoms with Gasteiger partial charge in [0.15, 0.2) is 0 Å². The van der Waals surface area contributed by atoms with E-state index in [0.717, 1.165) is 18.0 Å². The van der Waals surface area contributed by atoms with Gasteiger partial charge in [0, 0.05) is 12.2 Å². The third kappa shape index (κ3) is 6.09. The zero-order valence-corrected chi connectivity index (χ0v) is 12.7. The van der Waals surface area contributed by atoms with E-state index in [1.54, 1.807) is 11.8 Å². The molecule has 19 heavy (non-hydrogen) atoms. The number of rotatable bonds is 7. The lowest BCUT2D eigenvalue weighted by Crippen LogP contribution is -2.36. The molecule has 1 amide bonds. The minimum absolute atomic E-state index is 0.116. The molecule has 1 aromatic carbocycles. The Balaban J connectivity index is 2.50. The molecule has 4 nitrogen and oxygen atoms in total. The number of carbonyl (C=O) groups is 1. The van der Waals surface area contributed by atoms with Crippen molar-refractivity contribution < 1.29 is 4.79 Å². The average molecular weight is 281 g/mol. The van der Waals surface area contributed by atoms with Crippen molar-refractivity contribution in [2.24, 2.45) is 5.73 Å². The van der Waals surface area contributed by atoms with Crippen molar-refractivity contribution >= 4 is 23.4 Å². The Morgan fingerprint density at radius 3 is 2.53 bits per heavy atom. The summed E-state index contributed by atoms with van der Waals surface area (Å²) in [5.74, 6) is 0.783. The van der Waals surface area contributed by atoms with Crippen LogP contribution < -0.4 is 11.1 Å². The number of carbonyl (C=O) groups excluding carboxylic acids is 1. The molecule has 5 heteroatoms.